The van der Waals surface area contributed by atoms with Crippen LogP contribution < -0.4 is 0 Å². The van der Waals surface area contributed by atoms with Gasteiger partial charge >= 0.3 is 5.97 Å². The van der Waals surface area contributed by atoms with E-state index in [1.807, 2.05) is 29.2 Å². The van der Waals surface area contributed by atoms with Gasteiger partial charge in [-0.05, 0) is 37.1 Å². The molecule has 1 aromatic carbocycles. The lowest BCUT2D eigenvalue weighted by molar-refractivity contribution is -0.142. The van der Waals surface area contributed by atoms with E-state index in [1.54, 1.807) is 6.20 Å². The fourth-order valence-corrected chi connectivity index (χ4v) is 2.82. The molecule has 0 amide bonds. The van der Waals surface area contributed by atoms with Crippen LogP contribution in [0.5, 0.6) is 0 Å². The molecule has 0 bridgehead atoms. The number of carboxylic acid groups (broad SMARTS) is 1. The molecule has 1 aliphatic rings. The SMILES string of the molecule is O=C(O)[C@H]1CCCN1Cc1cccc2ncccc12. The van der Waals surface area contributed by atoms with Crippen LogP contribution in [0.3, 0.4) is 0 Å². The number of rotatable bonds is 3. The minimum atomic E-state index is -0.712. The summed E-state index contributed by atoms with van der Waals surface area (Å²) >= 11 is 0. The molecule has 0 saturated carbocycles. The smallest absolute Gasteiger partial charge is 0.320 e. The monoisotopic (exact) mass is 256 g/mol. The summed E-state index contributed by atoms with van der Waals surface area (Å²) in [5.74, 6) is -0.712. The van der Waals surface area contributed by atoms with Gasteiger partial charge in [0, 0.05) is 18.1 Å². The Bertz CT molecular complexity index is 607. The Morgan fingerprint density at radius 3 is 3.11 bits per heavy atom. The highest BCUT2D eigenvalue weighted by Crippen LogP contribution is 2.23. The first-order valence-electron chi connectivity index (χ1n) is 6.55. The molecule has 4 nitrogen and oxygen atoms in total. The molecule has 2 aromatic rings. The molecule has 0 unspecified atom stereocenters. The van der Waals surface area contributed by atoms with Crippen LogP contribution in [0.4, 0.5) is 0 Å². The maximum atomic E-state index is 11.2. The number of pyridine rings is 1. The minimum absolute atomic E-state index is 0.341. The number of likely N-dealkylation sites (tertiary alicyclic amines) is 1. The van der Waals surface area contributed by atoms with E-state index in [4.69, 9.17) is 0 Å². The predicted octanol–water partition coefficient (Wildman–Crippen LogP) is 2.28. The third-order valence-corrected chi connectivity index (χ3v) is 3.76. The first-order chi connectivity index (χ1) is 9.25. The maximum absolute atomic E-state index is 11.2. The average molecular weight is 256 g/mol. The van der Waals surface area contributed by atoms with Gasteiger partial charge in [-0.1, -0.05) is 18.2 Å². The van der Waals surface area contributed by atoms with Crippen molar-refractivity contribution in [2.24, 2.45) is 0 Å². The van der Waals surface area contributed by atoms with Gasteiger partial charge in [0.05, 0.1) is 5.52 Å². The van der Waals surface area contributed by atoms with Gasteiger partial charge in [0.1, 0.15) is 6.04 Å². The van der Waals surface area contributed by atoms with Crippen LogP contribution in [0.2, 0.25) is 0 Å². The standard InChI is InChI=1S/C15H16N2O2/c18-15(19)14-7-3-9-17(14)10-11-4-1-6-13-12(11)5-2-8-16-13/h1-2,4-6,8,14H,3,7,9-10H2,(H,18,19)/t14-/m1/s1. The third-order valence-electron chi connectivity index (χ3n) is 3.76. The van der Waals surface area contributed by atoms with Gasteiger partial charge in [-0.25, -0.2) is 0 Å². The number of benzene rings is 1. The molecule has 1 N–H and O–H groups in total. The predicted molar refractivity (Wildman–Crippen MR) is 72.8 cm³/mol. The molecule has 1 atom stereocenters. The first kappa shape index (κ1) is 12.1. The Balaban J connectivity index is 1.91. The van der Waals surface area contributed by atoms with Gasteiger partial charge < -0.3 is 5.11 Å². The summed E-state index contributed by atoms with van der Waals surface area (Å²) in [6.45, 7) is 1.54. The van der Waals surface area contributed by atoms with E-state index in [9.17, 15) is 9.90 Å². The largest absolute Gasteiger partial charge is 0.480 e. The maximum Gasteiger partial charge on any atom is 0.320 e. The number of aliphatic carboxylic acids is 1. The van der Waals surface area contributed by atoms with Crippen molar-refractivity contribution >= 4 is 16.9 Å². The average Bonchev–Trinajstić information content (AvgIpc) is 2.87. The highest BCUT2D eigenvalue weighted by atomic mass is 16.4. The van der Waals surface area contributed by atoms with Crippen LogP contribution in [-0.4, -0.2) is 33.5 Å². The molecule has 0 radical (unpaired) electrons. The van der Waals surface area contributed by atoms with E-state index in [0.717, 1.165) is 35.9 Å². The number of carbonyl (C=O) groups is 1. The fraction of sp³-hybridized carbons (Fsp3) is 0.333. The lowest BCUT2D eigenvalue weighted by Crippen LogP contribution is -2.35. The van der Waals surface area contributed by atoms with Crippen molar-refractivity contribution in [3.05, 3.63) is 42.1 Å². The summed E-state index contributed by atoms with van der Waals surface area (Å²) in [5, 5.41) is 10.3. The topological polar surface area (TPSA) is 53.4 Å². The van der Waals surface area contributed by atoms with E-state index in [1.165, 1.54) is 0 Å². The normalized spacial score (nSPS) is 19.9. The van der Waals surface area contributed by atoms with Crippen LogP contribution in [0.1, 0.15) is 18.4 Å². The Morgan fingerprint density at radius 2 is 2.26 bits per heavy atom. The number of aromatic nitrogens is 1. The second-order valence-corrected chi connectivity index (χ2v) is 4.95. The molecule has 1 aromatic heterocycles. The second-order valence-electron chi connectivity index (χ2n) is 4.95. The molecular weight excluding hydrogens is 240 g/mol. The fourth-order valence-electron chi connectivity index (χ4n) is 2.82. The van der Waals surface area contributed by atoms with Crippen LogP contribution in [0.15, 0.2) is 36.5 Å². The lowest BCUT2D eigenvalue weighted by atomic mass is 10.1. The summed E-state index contributed by atoms with van der Waals surface area (Å²) in [6, 6.07) is 9.65. The molecule has 0 spiro atoms. The van der Waals surface area contributed by atoms with E-state index in [-0.39, 0.29) is 6.04 Å². The van der Waals surface area contributed by atoms with Crippen molar-refractivity contribution in [1.82, 2.24) is 9.88 Å². The van der Waals surface area contributed by atoms with Crippen molar-refractivity contribution in [1.29, 1.82) is 0 Å². The van der Waals surface area contributed by atoms with Gasteiger partial charge in [0.15, 0.2) is 0 Å². The van der Waals surface area contributed by atoms with E-state index >= 15 is 0 Å². The Kier molecular flexibility index (Phi) is 3.17. The molecular formula is C15H16N2O2. The van der Waals surface area contributed by atoms with Gasteiger partial charge in [-0.3, -0.25) is 14.7 Å². The molecule has 0 aliphatic carbocycles. The third kappa shape index (κ3) is 2.31. The van der Waals surface area contributed by atoms with Crippen molar-refractivity contribution in [2.45, 2.75) is 25.4 Å². The molecule has 19 heavy (non-hydrogen) atoms. The Labute approximate surface area is 111 Å². The van der Waals surface area contributed by atoms with Gasteiger partial charge in [0.25, 0.3) is 0 Å². The molecule has 2 heterocycles. The van der Waals surface area contributed by atoms with Crippen LogP contribution in [-0.2, 0) is 11.3 Å². The zero-order valence-electron chi connectivity index (χ0n) is 10.6. The van der Waals surface area contributed by atoms with Crippen LogP contribution in [0.25, 0.3) is 10.9 Å². The second kappa shape index (κ2) is 4.97. The number of hydrogen-bond acceptors (Lipinski definition) is 3. The zero-order valence-corrected chi connectivity index (χ0v) is 10.6. The van der Waals surface area contributed by atoms with Crippen molar-refractivity contribution in [3.63, 3.8) is 0 Å². The molecule has 1 aliphatic heterocycles. The molecule has 1 fully saturated rings. The molecule has 1 saturated heterocycles. The van der Waals surface area contributed by atoms with E-state index in [0.29, 0.717) is 6.54 Å². The summed E-state index contributed by atoms with van der Waals surface area (Å²) in [7, 11) is 0. The summed E-state index contributed by atoms with van der Waals surface area (Å²) < 4.78 is 0. The van der Waals surface area contributed by atoms with E-state index in [2.05, 4.69) is 11.1 Å². The van der Waals surface area contributed by atoms with Gasteiger partial charge in [-0.15, -0.1) is 0 Å². The zero-order chi connectivity index (χ0) is 13.2. The van der Waals surface area contributed by atoms with Gasteiger partial charge in [-0.2, -0.15) is 0 Å². The summed E-state index contributed by atoms with van der Waals surface area (Å²) in [6.07, 6.45) is 3.49. The Hall–Kier alpha value is -1.94. The van der Waals surface area contributed by atoms with Crippen molar-refractivity contribution < 1.29 is 9.90 Å². The Morgan fingerprint density at radius 1 is 1.37 bits per heavy atom. The highest BCUT2D eigenvalue weighted by Gasteiger charge is 2.30. The first-order valence-corrected chi connectivity index (χ1v) is 6.55. The lowest BCUT2D eigenvalue weighted by Gasteiger charge is -2.21. The quantitative estimate of drug-likeness (QED) is 0.915. The summed E-state index contributed by atoms with van der Waals surface area (Å²) in [5.41, 5.74) is 2.12. The van der Waals surface area contributed by atoms with Crippen LogP contribution >= 0.6 is 0 Å². The highest BCUT2D eigenvalue weighted by molar-refractivity contribution is 5.82. The molecule has 98 valence electrons. The number of hydrogen-bond donors (Lipinski definition) is 1. The van der Waals surface area contributed by atoms with Crippen molar-refractivity contribution in [2.75, 3.05) is 6.54 Å². The molecule has 4 heteroatoms. The van der Waals surface area contributed by atoms with E-state index < -0.39 is 5.97 Å². The van der Waals surface area contributed by atoms with Crippen LogP contribution in [0, 0.1) is 0 Å². The van der Waals surface area contributed by atoms with Gasteiger partial charge in [0.2, 0.25) is 0 Å². The molecule has 3 rings (SSSR count). The summed E-state index contributed by atoms with van der Waals surface area (Å²) in [4.78, 5) is 17.6. The number of nitrogens with zero attached hydrogens (tertiary/aromatic N) is 2. The van der Waals surface area contributed by atoms with Crippen molar-refractivity contribution in [3.8, 4) is 0 Å². The minimum Gasteiger partial charge on any atom is -0.480 e. The number of fused-ring (bicyclic) bond motifs is 1. The number of carboxylic acids is 1.